The molecular weight excluding hydrogens is 483 g/mol. The Hall–Kier alpha value is 0.972. The van der Waals surface area contributed by atoms with Crippen molar-refractivity contribution in [1.82, 2.24) is 0 Å². The van der Waals surface area contributed by atoms with Crippen LogP contribution in [0.5, 0.6) is 0 Å². The molecule has 0 saturated heterocycles. The molecule has 0 aromatic heterocycles. The van der Waals surface area contributed by atoms with Crippen LogP contribution in [-0.2, 0) is 98.1 Å². The van der Waals surface area contributed by atoms with E-state index in [9.17, 15) is 0 Å². The van der Waals surface area contributed by atoms with Gasteiger partial charge in [0.2, 0.25) is 0 Å². The van der Waals surface area contributed by atoms with Gasteiger partial charge in [0.05, 0.1) is 0 Å². The molecule has 0 heterocycles. The Morgan fingerprint density at radius 1 is 0.476 bits per heavy atom. The van der Waals surface area contributed by atoms with Crippen LogP contribution in [-0.4, -0.2) is 0 Å². The minimum atomic E-state index is 0. The number of rotatable bonds is 2. The molecule has 0 aliphatic heterocycles. The van der Waals surface area contributed by atoms with Crippen molar-refractivity contribution in [2.45, 2.75) is 0 Å². The van der Waals surface area contributed by atoms with Gasteiger partial charge in [-0.05, 0) is 0 Å². The van der Waals surface area contributed by atoms with Crippen LogP contribution in [0.3, 0.4) is 0 Å². The van der Waals surface area contributed by atoms with Gasteiger partial charge in [-0.25, -0.2) is 46.5 Å². The second-order valence-electron chi connectivity index (χ2n) is 3.96. The maximum absolute atomic E-state index is 3.27. The summed E-state index contributed by atoms with van der Waals surface area (Å²) in [6.45, 7) is 0. The SMILES string of the molecule is [Y].[Y].[Y].[c-]1cc(-c2[c-]cccc2)[c-]cc1-c1[c-]cccc1. The third-order valence-corrected chi connectivity index (χ3v) is 2.74. The topological polar surface area (TPSA) is 0 Å². The van der Waals surface area contributed by atoms with E-state index in [0.29, 0.717) is 0 Å². The molecule has 0 amide bonds. The third-order valence-electron chi connectivity index (χ3n) is 2.74. The fourth-order valence-corrected chi connectivity index (χ4v) is 1.82. The van der Waals surface area contributed by atoms with Gasteiger partial charge in [-0.2, -0.15) is 48.5 Å². The maximum Gasteiger partial charge on any atom is 0 e. The predicted molar refractivity (Wildman–Crippen MR) is 72.7 cm³/mol. The molecular formula is C18H10Y3-4. The van der Waals surface area contributed by atoms with E-state index in [0.717, 1.165) is 22.3 Å². The van der Waals surface area contributed by atoms with E-state index < -0.39 is 0 Å². The van der Waals surface area contributed by atoms with Crippen LogP contribution < -0.4 is 0 Å². The Labute approximate surface area is 202 Å². The molecule has 0 unspecified atom stereocenters. The summed E-state index contributed by atoms with van der Waals surface area (Å²) < 4.78 is 0. The summed E-state index contributed by atoms with van der Waals surface area (Å²) in [7, 11) is 0. The fourth-order valence-electron chi connectivity index (χ4n) is 1.82. The monoisotopic (exact) mass is 493 g/mol. The van der Waals surface area contributed by atoms with Gasteiger partial charge < -0.3 is 0 Å². The standard InChI is InChI=1S/C18H10.3Y/c1-3-7-15(8-4-1)17-11-13-18(14-12-17)16-9-5-2-6-10-16;;;/h1-7,9,11,14H;;;/q-4;;;. The average molecular weight is 493 g/mol. The largest absolute Gasteiger partial charge is 0.247 e. The molecule has 3 radical (unpaired) electrons. The fraction of sp³-hybridized carbons (Fsp3) is 0. The summed E-state index contributed by atoms with van der Waals surface area (Å²) >= 11 is 0. The number of benzene rings is 3. The molecule has 0 aliphatic rings. The Bertz CT molecular complexity index is 561. The van der Waals surface area contributed by atoms with Crippen LogP contribution in [0.4, 0.5) is 0 Å². The smallest absolute Gasteiger partial charge is 0 e. The van der Waals surface area contributed by atoms with Crippen molar-refractivity contribution in [3.05, 3.63) is 84.9 Å². The van der Waals surface area contributed by atoms with E-state index in [1.165, 1.54) is 0 Å². The van der Waals surface area contributed by atoms with Crippen molar-refractivity contribution >= 4 is 0 Å². The molecule has 3 heteroatoms. The van der Waals surface area contributed by atoms with Gasteiger partial charge in [-0.1, -0.05) is 0 Å². The van der Waals surface area contributed by atoms with E-state index in [2.05, 4.69) is 24.3 Å². The van der Waals surface area contributed by atoms with Gasteiger partial charge >= 0.3 is 0 Å². The van der Waals surface area contributed by atoms with E-state index in [4.69, 9.17) is 0 Å². The van der Waals surface area contributed by atoms with E-state index in [1.54, 1.807) is 0 Å². The first-order valence-corrected chi connectivity index (χ1v) is 5.81. The van der Waals surface area contributed by atoms with Crippen LogP contribution in [0.15, 0.2) is 60.7 Å². The van der Waals surface area contributed by atoms with Gasteiger partial charge in [0.25, 0.3) is 0 Å². The van der Waals surface area contributed by atoms with Gasteiger partial charge in [0, 0.05) is 98.1 Å². The van der Waals surface area contributed by atoms with Crippen LogP contribution in [0.2, 0.25) is 0 Å². The van der Waals surface area contributed by atoms with Crippen molar-refractivity contribution in [2.24, 2.45) is 0 Å². The Morgan fingerprint density at radius 3 is 1.19 bits per heavy atom. The third kappa shape index (κ3) is 6.17. The Kier molecular flexibility index (Phi) is 12.0. The second kappa shape index (κ2) is 11.5. The quantitative estimate of drug-likeness (QED) is 0.470. The van der Waals surface area contributed by atoms with Gasteiger partial charge in [-0.15, -0.1) is 12.1 Å². The van der Waals surface area contributed by atoms with Gasteiger partial charge in [-0.3, -0.25) is 0 Å². The van der Waals surface area contributed by atoms with Crippen LogP contribution in [0.25, 0.3) is 22.3 Å². The first-order chi connectivity index (χ1) is 8.93. The summed E-state index contributed by atoms with van der Waals surface area (Å²) in [6, 6.07) is 32.6. The van der Waals surface area contributed by atoms with E-state index in [-0.39, 0.29) is 98.1 Å². The van der Waals surface area contributed by atoms with Crippen molar-refractivity contribution in [3.8, 4) is 22.3 Å². The molecule has 0 saturated carbocycles. The zero-order chi connectivity index (χ0) is 12.2. The zero-order valence-electron chi connectivity index (χ0n) is 11.5. The van der Waals surface area contributed by atoms with E-state index >= 15 is 0 Å². The van der Waals surface area contributed by atoms with Crippen LogP contribution in [0, 0.1) is 24.3 Å². The van der Waals surface area contributed by atoms with Crippen LogP contribution >= 0.6 is 0 Å². The second-order valence-corrected chi connectivity index (χ2v) is 3.96. The minimum Gasteiger partial charge on any atom is -0.247 e. The van der Waals surface area contributed by atoms with Crippen molar-refractivity contribution in [1.29, 1.82) is 0 Å². The average Bonchev–Trinajstić information content (AvgIpc) is 2.49. The summed E-state index contributed by atoms with van der Waals surface area (Å²) in [5, 5.41) is 0. The molecule has 3 aromatic carbocycles. The molecule has 21 heavy (non-hydrogen) atoms. The Balaban J connectivity index is 0.00000133. The summed E-state index contributed by atoms with van der Waals surface area (Å²) in [6.07, 6.45) is 0. The zero-order valence-corrected chi connectivity index (χ0v) is 20.0. The summed E-state index contributed by atoms with van der Waals surface area (Å²) in [5.41, 5.74) is 4.10. The predicted octanol–water partition coefficient (Wildman–Crippen LogP) is 4.21. The van der Waals surface area contributed by atoms with E-state index in [1.807, 2.05) is 60.7 Å². The molecule has 0 fully saturated rings. The molecule has 95 valence electrons. The molecule has 0 spiro atoms. The van der Waals surface area contributed by atoms with Gasteiger partial charge in [0.1, 0.15) is 0 Å². The molecule has 0 nitrogen and oxygen atoms in total. The van der Waals surface area contributed by atoms with Crippen molar-refractivity contribution in [2.75, 3.05) is 0 Å². The first-order valence-electron chi connectivity index (χ1n) is 5.81. The molecule has 3 rings (SSSR count). The first kappa shape index (κ1) is 22.0. The van der Waals surface area contributed by atoms with Crippen molar-refractivity contribution in [3.63, 3.8) is 0 Å². The molecule has 3 aromatic rings. The summed E-state index contributed by atoms with van der Waals surface area (Å²) in [5.74, 6) is 0. The molecule has 0 bridgehead atoms. The Morgan fingerprint density at radius 2 is 0.905 bits per heavy atom. The van der Waals surface area contributed by atoms with Gasteiger partial charge in [0.15, 0.2) is 0 Å². The summed E-state index contributed by atoms with van der Waals surface area (Å²) in [4.78, 5) is 0. The number of hydrogen-bond donors (Lipinski definition) is 0. The maximum atomic E-state index is 3.27. The van der Waals surface area contributed by atoms with Crippen molar-refractivity contribution < 1.29 is 98.1 Å². The molecule has 0 aliphatic carbocycles. The normalized spacial score (nSPS) is 8.76. The molecule has 0 atom stereocenters. The minimum absolute atomic E-state index is 0. The number of hydrogen-bond acceptors (Lipinski definition) is 0. The molecule has 0 N–H and O–H groups in total. The van der Waals surface area contributed by atoms with Crippen LogP contribution in [0.1, 0.15) is 0 Å².